The molecule has 0 aliphatic rings. The van der Waals surface area contributed by atoms with Crippen molar-refractivity contribution in [3.8, 4) is 0 Å². The van der Waals surface area contributed by atoms with Gasteiger partial charge in [0.2, 0.25) is 0 Å². The summed E-state index contributed by atoms with van der Waals surface area (Å²) < 4.78 is 5.16. The van der Waals surface area contributed by atoms with Crippen molar-refractivity contribution in [2.24, 2.45) is 0 Å². The van der Waals surface area contributed by atoms with Crippen molar-refractivity contribution in [2.75, 3.05) is 0 Å². The minimum atomic E-state index is -0.291. The molecule has 0 aromatic heterocycles. The standard InChI is InChI=1S/C12H14O2/c1-3-11(4-2)14-12(13)10-8-6-5-7-9-10/h3,5-9H,4H2,1-2H3. The molecule has 0 radical (unpaired) electrons. The van der Waals surface area contributed by atoms with Crippen LogP contribution in [-0.2, 0) is 4.74 Å². The molecule has 0 aliphatic heterocycles. The van der Waals surface area contributed by atoms with E-state index in [9.17, 15) is 4.79 Å². The van der Waals surface area contributed by atoms with E-state index in [1.165, 1.54) is 0 Å². The molecule has 0 saturated heterocycles. The van der Waals surface area contributed by atoms with Crippen LogP contribution in [0.5, 0.6) is 0 Å². The van der Waals surface area contributed by atoms with Crippen LogP contribution in [0.2, 0.25) is 0 Å². The lowest BCUT2D eigenvalue weighted by Crippen LogP contribution is -2.04. The quantitative estimate of drug-likeness (QED) is 0.540. The van der Waals surface area contributed by atoms with Crippen LogP contribution >= 0.6 is 0 Å². The van der Waals surface area contributed by atoms with E-state index in [0.717, 1.165) is 6.42 Å². The molecular formula is C12H14O2. The number of hydrogen-bond donors (Lipinski definition) is 0. The van der Waals surface area contributed by atoms with Crippen molar-refractivity contribution in [1.82, 2.24) is 0 Å². The summed E-state index contributed by atoms with van der Waals surface area (Å²) in [5, 5.41) is 0. The van der Waals surface area contributed by atoms with Gasteiger partial charge in [0.25, 0.3) is 0 Å². The zero-order valence-electron chi connectivity index (χ0n) is 8.49. The minimum Gasteiger partial charge on any atom is -0.428 e. The van der Waals surface area contributed by atoms with Crippen molar-refractivity contribution < 1.29 is 9.53 Å². The van der Waals surface area contributed by atoms with Gasteiger partial charge in [-0.05, 0) is 25.1 Å². The summed E-state index contributed by atoms with van der Waals surface area (Å²) >= 11 is 0. The first kappa shape index (κ1) is 10.5. The summed E-state index contributed by atoms with van der Waals surface area (Å²) in [6.07, 6.45) is 2.54. The number of esters is 1. The third-order valence-corrected chi connectivity index (χ3v) is 1.90. The average Bonchev–Trinajstić information content (AvgIpc) is 2.26. The van der Waals surface area contributed by atoms with Gasteiger partial charge in [0.05, 0.1) is 5.56 Å². The summed E-state index contributed by atoms with van der Waals surface area (Å²) in [6.45, 7) is 3.81. The van der Waals surface area contributed by atoms with E-state index in [1.807, 2.05) is 32.0 Å². The molecule has 2 heteroatoms. The molecule has 0 N–H and O–H groups in total. The van der Waals surface area contributed by atoms with E-state index in [0.29, 0.717) is 11.3 Å². The van der Waals surface area contributed by atoms with E-state index >= 15 is 0 Å². The molecule has 0 heterocycles. The van der Waals surface area contributed by atoms with Gasteiger partial charge in [0, 0.05) is 6.42 Å². The second kappa shape index (κ2) is 5.22. The van der Waals surface area contributed by atoms with Gasteiger partial charge >= 0.3 is 5.97 Å². The molecule has 14 heavy (non-hydrogen) atoms. The van der Waals surface area contributed by atoms with E-state index in [2.05, 4.69) is 0 Å². The fraction of sp³-hybridized carbons (Fsp3) is 0.250. The van der Waals surface area contributed by atoms with E-state index in [-0.39, 0.29) is 5.97 Å². The fourth-order valence-corrected chi connectivity index (χ4v) is 1.09. The minimum absolute atomic E-state index is 0.291. The van der Waals surface area contributed by atoms with Crippen molar-refractivity contribution in [2.45, 2.75) is 20.3 Å². The Morgan fingerprint density at radius 3 is 2.50 bits per heavy atom. The van der Waals surface area contributed by atoms with E-state index < -0.39 is 0 Å². The van der Waals surface area contributed by atoms with Crippen LogP contribution in [0.4, 0.5) is 0 Å². The van der Waals surface area contributed by atoms with Crippen LogP contribution in [0, 0.1) is 0 Å². The second-order valence-electron chi connectivity index (χ2n) is 2.86. The predicted octanol–water partition coefficient (Wildman–Crippen LogP) is 3.16. The number of benzene rings is 1. The number of ether oxygens (including phenoxy) is 1. The summed E-state index contributed by atoms with van der Waals surface area (Å²) in [4.78, 5) is 11.5. The molecule has 0 amide bonds. The van der Waals surface area contributed by atoms with Crippen molar-refractivity contribution in [3.05, 3.63) is 47.7 Å². The Hall–Kier alpha value is -1.57. The SMILES string of the molecule is CC=C(CC)OC(=O)c1ccccc1. The molecule has 1 aromatic rings. The predicted molar refractivity (Wildman–Crippen MR) is 55.9 cm³/mol. The van der Waals surface area contributed by atoms with Gasteiger partial charge < -0.3 is 4.74 Å². The Labute approximate surface area is 84.2 Å². The first-order valence-corrected chi connectivity index (χ1v) is 4.70. The van der Waals surface area contributed by atoms with Crippen LogP contribution in [0.1, 0.15) is 30.6 Å². The molecule has 0 unspecified atom stereocenters. The van der Waals surface area contributed by atoms with Crippen molar-refractivity contribution in [1.29, 1.82) is 0 Å². The molecule has 0 saturated carbocycles. The van der Waals surface area contributed by atoms with Gasteiger partial charge in [-0.3, -0.25) is 0 Å². The average molecular weight is 190 g/mol. The Kier molecular flexibility index (Phi) is 3.92. The molecule has 0 fully saturated rings. The van der Waals surface area contributed by atoms with Crippen LogP contribution in [0.25, 0.3) is 0 Å². The Balaban J connectivity index is 2.68. The lowest BCUT2D eigenvalue weighted by molar-refractivity contribution is 0.0615. The normalized spacial score (nSPS) is 11.1. The van der Waals surface area contributed by atoms with Crippen molar-refractivity contribution >= 4 is 5.97 Å². The smallest absolute Gasteiger partial charge is 0.343 e. The first-order chi connectivity index (χ1) is 6.77. The lowest BCUT2D eigenvalue weighted by Gasteiger charge is -2.05. The topological polar surface area (TPSA) is 26.3 Å². The molecule has 74 valence electrons. The fourth-order valence-electron chi connectivity index (χ4n) is 1.09. The molecule has 0 aliphatic carbocycles. The van der Waals surface area contributed by atoms with Crippen LogP contribution in [0.15, 0.2) is 42.2 Å². The molecule has 0 bridgehead atoms. The monoisotopic (exact) mass is 190 g/mol. The van der Waals surface area contributed by atoms with Crippen molar-refractivity contribution in [3.63, 3.8) is 0 Å². The molecule has 2 nitrogen and oxygen atoms in total. The molecule has 1 aromatic carbocycles. The van der Waals surface area contributed by atoms with Gasteiger partial charge in [0.1, 0.15) is 5.76 Å². The Bertz CT molecular complexity index is 325. The largest absolute Gasteiger partial charge is 0.428 e. The second-order valence-corrected chi connectivity index (χ2v) is 2.86. The lowest BCUT2D eigenvalue weighted by atomic mass is 10.2. The third kappa shape index (κ3) is 2.73. The Morgan fingerprint density at radius 2 is 2.00 bits per heavy atom. The molecule has 1 rings (SSSR count). The number of hydrogen-bond acceptors (Lipinski definition) is 2. The maximum Gasteiger partial charge on any atom is 0.343 e. The number of carbonyl (C=O) groups is 1. The highest BCUT2D eigenvalue weighted by Crippen LogP contribution is 2.08. The number of rotatable bonds is 3. The van der Waals surface area contributed by atoms with Crippen LogP contribution in [0.3, 0.4) is 0 Å². The van der Waals surface area contributed by atoms with Gasteiger partial charge in [-0.1, -0.05) is 25.1 Å². The molecular weight excluding hydrogens is 176 g/mol. The van der Waals surface area contributed by atoms with Crippen LogP contribution in [-0.4, -0.2) is 5.97 Å². The van der Waals surface area contributed by atoms with Gasteiger partial charge in [-0.2, -0.15) is 0 Å². The zero-order chi connectivity index (χ0) is 10.4. The van der Waals surface area contributed by atoms with Gasteiger partial charge in [-0.25, -0.2) is 4.79 Å². The zero-order valence-corrected chi connectivity index (χ0v) is 8.49. The third-order valence-electron chi connectivity index (χ3n) is 1.90. The summed E-state index contributed by atoms with van der Waals surface area (Å²) in [5.74, 6) is 0.416. The molecule has 0 atom stereocenters. The maximum absolute atomic E-state index is 11.5. The first-order valence-electron chi connectivity index (χ1n) is 4.70. The summed E-state index contributed by atoms with van der Waals surface area (Å²) in [6, 6.07) is 8.99. The van der Waals surface area contributed by atoms with Gasteiger partial charge in [-0.15, -0.1) is 0 Å². The summed E-state index contributed by atoms with van der Waals surface area (Å²) in [7, 11) is 0. The summed E-state index contributed by atoms with van der Waals surface area (Å²) in [5.41, 5.74) is 0.584. The Morgan fingerprint density at radius 1 is 1.36 bits per heavy atom. The number of allylic oxidation sites excluding steroid dienone is 2. The van der Waals surface area contributed by atoms with Gasteiger partial charge in [0.15, 0.2) is 0 Å². The molecule has 0 spiro atoms. The highest BCUT2D eigenvalue weighted by atomic mass is 16.5. The maximum atomic E-state index is 11.5. The van der Waals surface area contributed by atoms with E-state index in [4.69, 9.17) is 4.74 Å². The highest BCUT2D eigenvalue weighted by molar-refractivity contribution is 5.89. The number of carbonyl (C=O) groups excluding carboxylic acids is 1. The highest BCUT2D eigenvalue weighted by Gasteiger charge is 2.07. The van der Waals surface area contributed by atoms with E-state index in [1.54, 1.807) is 18.2 Å². The van der Waals surface area contributed by atoms with Crippen LogP contribution < -0.4 is 0 Å².